The molecule has 2 aromatic heterocycles. The Morgan fingerprint density at radius 1 is 1.00 bits per heavy atom. The monoisotopic (exact) mass is 291 g/mol. The van der Waals surface area contributed by atoms with Gasteiger partial charge in [-0.25, -0.2) is 23.7 Å². The van der Waals surface area contributed by atoms with Crippen molar-refractivity contribution in [2.24, 2.45) is 0 Å². The largest absolute Gasteiger partial charge is 0.235 e. The summed E-state index contributed by atoms with van der Waals surface area (Å²) in [6.45, 7) is 1.82. The lowest BCUT2D eigenvalue weighted by Gasteiger charge is -2.07. The zero-order valence-corrected chi connectivity index (χ0v) is 11.1. The molecule has 6 heteroatoms. The molecular formula is C14H8ClF2N3. The van der Waals surface area contributed by atoms with E-state index >= 15 is 0 Å². The van der Waals surface area contributed by atoms with Crippen LogP contribution >= 0.6 is 11.6 Å². The molecule has 0 unspecified atom stereocenters. The second-order valence-corrected chi connectivity index (χ2v) is 4.68. The summed E-state index contributed by atoms with van der Waals surface area (Å²) in [7, 11) is 0. The first-order valence-corrected chi connectivity index (χ1v) is 6.18. The van der Waals surface area contributed by atoms with Crippen molar-refractivity contribution in [3.05, 3.63) is 52.9 Å². The molecule has 3 rings (SSSR count). The lowest BCUT2D eigenvalue weighted by molar-refractivity contribution is 0.511. The predicted molar refractivity (Wildman–Crippen MR) is 72.4 cm³/mol. The minimum absolute atomic E-state index is 0.0324. The Bertz CT molecular complexity index is 821. The van der Waals surface area contributed by atoms with Crippen molar-refractivity contribution >= 4 is 22.6 Å². The van der Waals surface area contributed by atoms with Crippen LogP contribution in [0.2, 0.25) is 5.02 Å². The Balaban J connectivity index is 2.33. The summed E-state index contributed by atoms with van der Waals surface area (Å²) in [5.74, 6) is -2.12. The van der Waals surface area contributed by atoms with Crippen LogP contribution < -0.4 is 0 Å². The van der Waals surface area contributed by atoms with Gasteiger partial charge < -0.3 is 0 Å². The van der Waals surface area contributed by atoms with E-state index in [0.29, 0.717) is 11.0 Å². The van der Waals surface area contributed by atoms with Gasteiger partial charge in [-0.05, 0) is 31.2 Å². The third-order valence-corrected chi connectivity index (χ3v) is 3.22. The average Bonchev–Trinajstić information content (AvgIpc) is 2.44. The second kappa shape index (κ2) is 4.76. The highest BCUT2D eigenvalue weighted by molar-refractivity contribution is 6.30. The fourth-order valence-corrected chi connectivity index (χ4v) is 2.11. The van der Waals surface area contributed by atoms with E-state index in [1.165, 1.54) is 18.5 Å². The van der Waals surface area contributed by atoms with E-state index in [0.717, 1.165) is 5.69 Å². The summed E-state index contributed by atoms with van der Waals surface area (Å²) in [5.41, 5.74) is 1.54. The van der Waals surface area contributed by atoms with Crippen molar-refractivity contribution in [2.45, 2.75) is 6.92 Å². The summed E-state index contributed by atoms with van der Waals surface area (Å²) < 4.78 is 27.6. The van der Waals surface area contributed by atoms with Gasteiger partial charge in [-0.15, -0.1) is 0 Å². The average molecular weight is 292 g/mol. The van der Waals surface area contributed by atoms with Gasteiger partial charge in [0.2, 0.25) is 0 Å². The highest BCUT2D eigenvalue weighted by Gasteiger charge is 2.17. The lowest BCUT2D eigenvalue weighted by atomic mass is 10.1. The first kappa shape index (κ1) is 12.9. The molecule has 3 nitrogen and oxygen atoms in total. The van der Waals surface area contributed by atoms with Crippen LogP contribution in [0.25, 0.3) is 22.3 Å². The summed E-state index contributed by atoms with van der Waals surface area (Å²) in [6.07, 6.45) is 1.27. The Hall–Kier alpha value is -2.14. The lowest BCUT2D eigenvalue weighted by Crippen LogP contribution is -1.96. The molecule has 0 amide bonds. The zero-order chi connectivity index (χ0) is 14.3. The van der Waals surface area contributed by atoms with Crippen LogP contribution in [-0.4, -0.2) is 15.0 Å². The first-order chi connectivity index (χ1) is 9.58. The smallest absolute Gasteiger partial charge is 0.178 e. The van der Waals surface area contributed by atoms with Gasteiger partial charge in [0.25, 0.3) is 0 Å². The van der Waals surface area contributed by atoms with E-state index in [9.17, 15) is 8.78 Å². The van der Waals surface area contributed by atoms with Crippen molar-refractivity contribution < 1.29 is 8.78 Å². The van der Waals surface area contributed by atoms with Crippen LogP contribution in [-0.2, 0) is 0 Å². The minimum atomic E-state index is -1.09. The molecule has 0 aliphatic heterocycles. The van der Waals surface area contributed by atoms with Crippen molar-refractivity contribution in [1.29, 1.82) is 0 Å². The molecule has 2 heterocycles. The second-order valence-electron chi connectivity index (χ2n) is 4.27. The number of benzene rings is 1. The molecule has 1 aromatic carbocycles. The number of aromatic nitrogens is 3. The van der Waals surface area contributed by atoms with Crippen LogP contribution in [0, 0.1) is 18.6 Å². The quantitative estimate of drug-likeness (QED) is 0.638. The van der Waals surface area contributed by atoms with Crippen LogP contribution in [0.15, 0.2) is 30.6 Å². The summed E-state index contributed by atoms with van der Waals surface area (Å²) in [5, 5.41) is 0.289. The molecule has 0 saturated carbocycles. The van der Waals surface area contributed by atoms with Crippen molar-refractivity contribution in [3.63, 3.8) is 0 Å². The highest BCUT2D eigenvalue weighted by Crippen LogP contribution is 2.30. The van der Waals surface area contributed by atoms with E-state index in [1.807, 2.05) is 6.92 Å². The van der Waals surface area contributed by atoms with Gasteiger partial charge >= 0.3 is 0 Å². The normalized spacial score (nSPS) is 11.0. The van der Waals surface area contributed by atoms with Crippen molar-refractivity contribution in [1.82, 2.24) is 15.0 Å². The van der Waals surface area contributed by atoms with Gasteiger partial charge in [-0.3, -0.25) is 0 Å². The van der Waals surface area contributed by atoms with Crippen LogP contribution in [0.1, 0.15) is 5.69 Å². The van der Waals surface area contributed by atoms with E-state index in [-0.39, 0.29) is 16.3 Å². The Labute approximate surface area is 118 Å². The van der Waals surface area contributed by atoms with Gasteiger partial charge in [0, 0.05) is 16.6 Å². The van der Waals surface area contributed by atoms with Crippen molar-refractivity contribution in [2.75, 3.05) is 0 Å². The number of nitrogens with zero attached hydrogens (tertiary/aromatic N) is 3. The van der Waals surface area contributed by atoms with Gasteiger partial charge in [-0.1, -0.05) is 11.6 Å². The third kappa shape index (κ3) is 2.00. The number of aryl methyl sites for hydroxylation is 1. The van der Waals surface area contributed by atoms with E-state index in [2.05, 4.69) is 15.0 Å². The van der Waals surface area contributed by atoms with E-state index in [1.54, 1.807) is 12.1 Å². The molecule has 0 fully saturated rings. The number of halogens is 3. The topological polar surface area (TPSA) is 38.7 Å². The fraction of sp³-hybridized carbons (Fsp3) is 0.0714. The van der Waals surface area contributed by atoms with Gasteiger partial charge in [0.05, 0.1) is 10.7 Å². The number of fused-ring (bicyclic) bond motifs is 1. The molecule has 3 aromatic rings. The standard InChI is InChI=1S/C14H8ClF2N3/c1-7-2-3-9-13(18-6-19-14(9)20-7)8-4-5-10(15)12(17)11(8)16/h2-6H,1H3. The van der Waals surface area contributed by atoms with E-state index in [4.69, 9.17) is 11.6 Å². The van der Waals surface area contributed by atoms with Crippen molar-refractivity contribution in [3.8, 4) is 11.3 Å². The minimum Gasteiger partial charge on any atom is -0.235 e. The van der Waals surface area contributed by atoms with Gasteiger partial charge in [-0.2, -0.15) is 0 Å². The Morgan fingerprint density at radius 3 is 2.60 bits per heavy atom. The Kier molecular flexibility index (Phi) is 3.06. The SMILES string of the molecule is Cc1ccc2c(-c3ccc(Cl)c(F)c3F)ncnc2n1. The highest BCUT2D eigenvalue weighted by atomic mass is 35.5. The molecule has 0 radical (unpaired) electrons. The van der Waals surface area contributed by atoms with Crippen LogP contribution in [0.4, 0.5) is 8.78 Å². The third-order valence-electron chi connectivity index (χ3n) is 2.93. The number of pyridine rings is 1. The predicted octanol–water partition coefficient (Wildman–Crippen LogP) is 3.93. The van der Waals surface area contributed by atoms with Gasteiger partial charge in [0.15, 0.2) is 17.3 Å². The van der Waals surface area contributed by atoms with Gasteiger partial charge in [0.1, 0.15) is 6.33 Å². The molecule has 0 bridgehead atoms. The Morgan fingerprint density at radius 2 is 1.80 bits per heavy atom. The zero-order valence-electron chi connectivity index (χ0n) is 10.4. The summed E-state index contributed by atoms with van der Waals surface area (Å²) in [6, 6.07) is 6.19. The summed E-state index contributed by atoms with van der Waals surface area (Å²) in [4.78, 5) is 12.3. The molecular weight excluding hydrogens is 284 g/mol. The molecule has 0 N–H and O–H groups in total. The van der Waals surface area contributed by atoms with Crippen LogP contribution in [0.3, 0.4) is 0 Å². The van der Waals surface area contributed by atoms with Crippen LogP contribution in [0.5, 0.6) is 0 Å². The maximum atomic E-state index is 14.0. The number of rotatable bonds is 1. The maximum Gasteiger partial charge on any atom is 0.178 e. The molecule has 0 aliphatic carbocycles. The molecule has 100 valence electrons. The molecule has 0 aliphatic rings. The molecule has 0 spiro atoms. The van der Waals surface area contributed by atoms with E-state index < -0.39 is 11.6 Å². The number of hydrogen-bond acceptors (Lipinski definition) is 3. The number of hydrogen-bond donors (Lipinski definition) is 0. The fourth-order valence-electron chi connectivity index (χ4n) is 1.96. The molecule has 20 heavy (non-hydrogen) atoms. The molecule has 0 atom stereocenters. The molecule has 0 saturated heterocycles. The first-order valence-electron chi connectivity index (χ1n) is 5.80. The summed E-state index contributed by atoms with van der Waals surface area (Å²) >= 11 is 5.55. The maximum absolute atomic E-state index is 14.0.